The molecule has 142 valence electrons. The first-order valence-corrected chi connectivity index (χ1v) is 9.56. The fourth-order valence-corrected chi connectivity index (χ4v) is 3.53. The third-order valence-electron chi connectivity index (χ3n) is 4.81. The van der Waals surface area contributed by atoms with E-state index in [-0.39, 0.29) is 6.10 Å². The zero-order chi connectivity index (χ0) is 18.4. The summed E-state index contributed by atoms with van der Waals surface area (Å²) in [4.78, 5) is 4.80. The van der Waals surface area contributed by atoms with Gasteiger partial charge in [-0.15, -0.1) is 10.2 Å². The molecule has 1 aliphatic heterocycles. The number of hydrogen-bond acceptors (Lipinski definition) is 5. The van der Waals surface area contributed by atoms with Crippen molar-refractivity contribution in [2.75, 3.05) is 33.3 Å². The van der Waals surface area contributed by atoms with Crippen LogP contribution in [-0.4, -0.2) is 64.0 Å². The monoisotopic (exact) mass is 357 g/mol. The number of rotatable bonds is 7. The molecule has 0 bridgehead atoms. The Balaban J connectivity index is 1.55. The number of likely N-dealkylation sites (N-methyl/N-ethyl adjacent to an activating group) is 1. The van der Waals surface area contributed by atoms with Gasteiger partial charge < -0.3 is 9.30 Å². The molecule has 0 saturated carbocycles. The Morgan fingerprint density at radius 3 is 2.85 bits per heavy atom. The van der Waals surface area contributed by atoms with Crippen LogP contribution in [0.25, 0.3) is 0 Å². The van der Waals surface area contributed by atoms with Gasteiger partial charge in [-0.3, -0.25) is 9.80 Å². The van der Waals surface area contributed by atoms with Gasteiger partial charge in [0.1, 0.15) is 12.2 Å². The molecule has 1 saturated heterocycles. The lowest BCUT2D eigenvalue weighted by molar-refractivity contribution is 0.0291. The van der Waals surface area contributed by atoms with Crippen LogP contribution < -0.4 is 0 Å². The van der Waals surface area contributed by atoms with E-state index < -0.39 is 0 Å². The Morgan fingerprint density at radius 1 is 1.27 bits per heavy atom. The van der Waals surface area contributed by atoms with Crippen LogP contribution >= 0.6 is 0 Å². The largest absolute Gasteiger partial charge is 0.376 e. The molecule has 0 unspecified atom stereocenters. The average molecular weight is 358 g/mol. The molecule has 0 amide bonds. The van der Waals surface area contributed by atoms with Crippen molar-refractivity contribution in [2.45, 2.75) is 45.5 Å². The number of aromatic nitrogens is 3. The highest BCUT2D eigenvalue weighted by Crippen LogP contribution is 2.13. The van der Waals surface area contributed by atoms with Crippen LogP contribution in [0.3, 0.4) is 0 Å². The fraction of sp³-hybridized carbons (Fsp3) is 0.600. The van der Waals surface area contributed by atoms with Gasteiger partial charge in [-0.1, -0.05) is 30.3 Å². The van der Waals surface area contributed by atoms with E-state index in [0.29, 0.717) is 6.04 Å². The van der Waals surface area contributed by atoms with Crippen molar-refractivity contribution in [1.29, 1.82) is 0 Å². The van der Waals surface area contributed by atoms with Crippen LogP contribution in [0.5, 0.6) is 0 Å². The van der Waals surface area contributed by atoms with E-state index in [0.717, 1.165) is 51.6 Å². The van der Waals surface area contributed by atoms with Gasteiger partial charge in [0.25, 0.3) is 0 Å². The van der Waals surface area contributed by atoms with Gasteiger partial charge in [-0.05, 0) is 32.9 Å². The summed E-state index contributed by atoms with van der Waals surface area (Å²) in [5.74, 6) is 1.01. The van der Waals surface area contributed by atoms with Crippen molar-refractivity contribution < 1.29 is 4.74 Å². The summed E-state index contributed by atoms with van der Waals surface area (Å²) in [5, 5.41) is 8.34. The van der Waals surface area contributed by atoms with Crippen molar-refractivity contribution >= 4 is 0 Å². The highest BCUT2D eigenvalue weighted by Gasteiger charge is 2.21. The van der Waals surface area contributed by atoms with Crippen molar-refractivity contribution in [3.05, 3.63) is 48.0 Å². The van der Waals surface area contributed by atoms with Crippen LogP contribution in [0.4, 0.5) is 0 Å². The fourth-order valence-electron chi connectivity index (χ4n) is 3.53. The van der Waals surface area contributed by atoms with Crippen LogP contribution in [0.15, 0.2) is 36.7 Å². The SMILES string of the molecule is CC(C)n1cnnc1CN(C)C[C@@H]1CN(Cc2ccccc2)CCCO1. The van der Waals surface area contributed by atoms with Crippen molar-refractivity contribution in [2.24, 2.45) is 0 Å². The zero-order valence-electron chi connectivity index (χ0n) is 16.2. The molecule has 0 radical (unpaired) electrons. The van der Waals surface area contributed by atoms with Crippen molar-refractivity contribution in [3.8, 4) is 0 Å². The normalized spacial score (nSPS) is 19.2. The maximum absolute atomic E-state index is 6.11. The smallest absolute Gasteiger partial charge is 0.147 e. The molecule has 0 aliphatic carbocycles. The van der Waals surface area contributed by atoms with Crippen LogP contribution in [0, 0.1) is 0 Å². The van der Waals surface area contributed by atoms with Gasteiger partial charge in [0.15, 0.2) is 0 Å². The third kappa shape index (κ3) is 5.37. The quantitative estimate of drug-likeness (QED) is 0.762. The Hall–Kier alpha value is -1.76. The van der Waals surface area contributed by atoms with Crippen molar-refractivity contribution in [3.63, 3.8) is 0 Å². The first kappa shape index (κ1) is 19.0. The number of ether oxygens (including phenoxy) is 1. The summed E-state index contributed by atoms with van der Waals surface area (Å²) in [7, 11) is 2.13. The van der Waals surface area contributed by atoms with E-state index in [9.17, 15) is 0 Å². The summed E-state index contributed by atoms with van der Waals surface area (Å²) >= 11 is 0. The predicted molar refractivity (Wildman–Crippen MR) is 103 cm³/mol. The molecular formula is C20H31N5O. The Morgan fingerprint density at radius 2 is 2.08 bits per heavy atom. The Bertz CT molecular complexity index is 657. The maximum Gasteiger partial charge on any atom is 0.147 e. The van der Waals surface area contributed by atoms with Gasteiger partial charge in [-0.2, -0.15) is 0 Å². The second-order valence-electron chi connectivity index (χ2n) is 7.51. The molecular weight excluding hydrogens is 326 g/mol. The molecule has 6 heteroatoms. The van der Waals surface area contributed by atoms with E-state index in [4.69, 9.17) is 4.74 Å². The minimum atomic E-state index is 0.224. The summed E-state index contributed by atoms with van der Waals surface area (Å²) in [6.45, 7) is 9.89. The first-order valence-electron chi connectivity index (χ1n) is 9.56. The molecule has 26 heavy (non-hydrogen) atoms. The number of nitrogens with zero attached hydrogens (tertiary/aromatic N) is 5. The molecule has 1 aromatic carbocycles. The van der Waals surface area contributed by atoms with Crippen LogP contribution in [0.2, 0.25) is 0 Å². The first-order chi connectivity index (χ1) is 12.6. The summed E-state index contributed by atoms with van der Waals surface area (Å²) in [5.41, 5.74) is 1.37. The van der Waals surface area contributed by atoms with E-state index >= 15 is 0 Å². The molecule has 1 aliphatic rings. The van der Waals surface area contributed by atoms with Crippen molar-refractivity contribution in [1.82, 2.24) is 24.6 Å². The molecule has 0 spiro atoms. The zero-order valence-corrected chi connectivity index (χ0v) is 16.2. The summed E-state index contributed by atoms with van der Waals surface area (Å²) < 4.78 is 8.24. The lowest BCUT2D eigenvalue weighted by Crippen LogP contribution is -2.38. The molecule has 1 fully saturated rings. The third-order valence-corrected chi connectivity index (χ3v) is 4.81. The lowest BCUT2D eigenvalue weighted by atomic mass is 10.2. The number of benzene rings is 1. The van der Waals surface area contributed by atoms with E-state index in [2.05, 4.69) is 75.8 Å². The Kier molecular flexibility index (Phi) is 6.77. The van der Waals surface area contributed by atoms with E-state index in [1.54, 1.807) is 0 Å². The highest BCUT2D eigenvalue weighted by atomic mass is 16.5. The van der Waals surface area contributed by atoms with Crippen LogP contribution in [-0.2, 0) is 17.8 Å². The molecule has 1 atom stereocenters. The van der Waals surface area contributed by atoms with E-state index in [1.807, 2.05) is 6.33 Å². The minimum Gasteiger partial charge on any atom is -0.376 e. The average Bonchev–Trinajstić information content (AvgIpc) is 2.96. The molecule has 1 aromatic heterocycles. The molecule has 3 rings (SSSR count). The second kappa shape index (κ2) is 9.26. The lowest BCUT2D eigenvalue weighted by Gasteiger charge is -2.27. The predicted octanol–water partition coefficient (Wildman–Crippen LogP) is 2.58. The number of hydrogen-bond donors (Lipinski definition) is 0. The molecule has 2 aromatic rings. The van der Waals surface area contributed by atoms with Gasteiger partial charge >= 0.3 is 0 Å². The van der Waals surface area contributed by atoms with Gasteiger partial charge in [0.2, 0.25) is 0 Å². The van der Waals surface area contributed by atoms with Gasteiger partial charge in [0.05, 0.1) is 12.6 Å². The summed E-state index contributed by atoms with van der Waals surface area (Å²) in [6, 6.07) is 11.1. The van der Waals surface area contributed by atoms with Crippen LogP contribution in [0.1, 0.15) is 37.7 Å². The standard InChI is InChI=1S/C20H31N5O/c1-17(2)25-16-21-22-20(25)15-23(3)13-19-14-24(10-7-11-26-19)12-18-8-5-4-6-9-18/h4-6,8-9,16-17,19H,7,10-15H2,1-3H3/t19-/m1/s1. The maximum atomic E-state index is 6.11. The second-order valence-corrected chi connectivity index (χ2v) is 7.51. The molecule has 0 N–H and O–H groups in total. The van der Waals surface area contributed by atoms with Gasteiger partial charge in [-0.25, -0.2) is 0 Å². The topological polar surface area (TPSA) is 46.4 Å². The van der Waals surface area contributed by atoms with Gasteiger partial charge in [0, 0.05) is 38.8 Å². The highest BCUT2D eigenvalue weighted by molar-refractivity contribution is 5.14. The molecule has 6 nitrogen and oxygen atoms in total. The summed E-state index contributed by atoms with van der Waals surface area (Å²) in [6.07, 6.45) is 3.13. The molecule has 2 heterocycles. The Labute approximate surface area is 156 Å². The van der Waals surface area contributed by atoms with E-state index in [1.165, 1.54) is 5.56 Å². The minimum absolute atomic E-state index is 0.224.